The molecule has 2 aromatic rings. The van der Waals surface area contributed by atoms with Crippen molar-refractivity contribution in [3.8, 4) is 0 Å². The van der Waals surface area contributed by atoms with Crippen molar-refractivity contribution >= 4 is 28.7 Å². The van der Waals surface area contributed by atoms with Crippen molar-refractivity contribution in [2.75, 3.05) is 37.4 Å². The first-order valence-corrected chi connectivity index (χ1v) is 6.94. The fraction of sp³-hybridized carbons (Fsp3) is 0.538. The number of anilines is 2. The molecule has 8 heteroatoms. The molecule has 2 aromatic heterocycles. The van der Waals surface area contributed by atoms with Gasteiger partial charge in [0.2, 0.25) is 11.9 Å². The Labute approximate surface area is 123 Å². The third-order valence-electron chi connectivity index (χ3n) is 3.23. The van der Waals surface area contributed by atoms with Crippen LogP contribution in [0.25, 0.3) is 11.0 Å². The van der Waals surface area contributed by atoms with Crippen molar-refractivity contribution in [3.05, 3.63) is 6.20 Å². The number of aromatic amines is 1. The molecule has 2 heterocycles. The second-order valence-corrected chi connectivity index (χ2v) is 4.93. The zero-order chi connectivity index (χ0) is 15.4. The normalized spacial score (nSPS) is 12.2. The van der Waals surface area contributed by atoms with Crippen LogP contribution in [0.5, 0.6) is 0 Å². The summed E-state index contributed by atoms with van der Waals surface area (Å²) in [5.41, 5.74) is 0.676. The number of hydrogen-bond donors (Lipinski definition) is 3. The second-order valence-electron chi connectivity index (χ2n) is 4.93. The van der Waals surface area contributed by atoms with Crippen LogP contribution in [0.3, 0.4) is 0 Å². The van der Waals surface area contributed by atoms with Crippen molar-refractivity contribution in [3.63, 3.8) is 0 Å². The Morgan fingerprint density at radius 2 is 2.24 bits per heavy atom. The van der Waals surface area contributed by atoms with Crippen LogP contribution >= 0.6 is 0 Å². The molecule has 0 aliphatic carbocycles. The molecule has 1 amide bonds. The second kappa shape index (κ2) is 6.38. The fourth-order valence-electron chi connectivity index (χ4n) is 2.17. The van der Waals surface area contributed by atoms with Crippen molar-refractivity contribution in [1.82, 2.24) is 25.5 Å². The number of carbonyl (C=O) groups excluding carboxylic acids is 1. The quantitative estimate of drug-likeness (QED) is 0.721. The zero-order valence-electron chi connectivity index (χ0n) is 12.8. The van der Waals surface area contributed by atoms with Gasteiger partial charge in [-0.2, -0.15) is 15.1 Å². The van der Waals surface area contributed by atoms with Crippen LogP contribution in [0.2, 0.25) is 0 Å². The third-order valence-corrected chi connectivity index (χ3v) is 3.23. The van der Waals surface area contributed by atoms with Crippen molar-refractivity contribution in [2.24, 2.45) is 5.92 Å². The molecular formula is C13H21N7O. The lowest BCUT2D eigenvalue weighted by molar-refractivity contribution is -0.123. The van der Waals surface area contributed by atoms with Crippen LogP contribution < -0.4 is 15.5 Å². The minimum Gasteiger partial charge on any atom is -0.359 e. The van der Waals surface area contributed by atoms with E-state index < -0.39 is 0 Å². The maximum absolute atomic E-state index is 11.7. The first-order chi connectivity index (χ1) is 10.1. The van der Waals surface area contributed by atoms with Gasteiger partial charge in [0, 0.05) is 27.2 Å². The average Bonchev–Trinajstić information content (AvgIpc) is 2.93. The van der Waals surface area contributed by atoms with Crippen molar-refractivity contribution in [1.29, 1.82) is 0 Å². The minimum atomic E-state index is -0.139. The Hall–Kier alpha value is -2.38. The van der Waals surface area contributed by atoms with E-state index >= 15 is 0 Å². The van der Waals surface area contributed by atoms with Gasteiger partial charge < -0.3 is 15.5 Å². The number of nitrogens with zero attached hydrogens (tertiary/aromatic N) is 4. The Morgan fingerprint density at radius 3 is 2.90 bits per heavy atom. The molecule has 21 heavy (non-hydrogen) atoms. The zero-order valence-corrected chi connectivity index (χ0v) is 12.8. The number of fused-ring (bicyclic) bond motifs is 1. The number of H-pyrrole nitrogens is 1. The van der Waals surface area contributed by atoms with E-state index in [9.17, 15) is 4.79 Å². The minimum absolute atomic E-state index is 0.00579. The summed E-state index contributed by atoms with van der Waals surface area (Å²) >= 11 is 0. The summed E-state index contributed by atoms with van der Waals surface area (Å²) in [6.45, 7) is 5.16. The fourth-order valence-corrected chi connectivity index (χ4v) is 2.17. The van der Waals surface area contributed by atoms with E-state index in [1.54, 1.807) is 13.2 Å². The summed E-state index contributed by atoms with van der Waals surface area (Å²) in [7, 11) is 3.55. The maximum Gasteiger partial charge on any atom is 0.226 e. The molecule has 0 saturated heterocycles. The van der Waals surface area contributed by atoms with Crippen molar-refractivity contribution < 1.29 is 4.79 Å². The topological polar surface area (TPSA) is 98.8 Å². The molecule has 0 aromatic carbocycles. The van der Waals surface area contributed by atoms with Gasteiger partial charge in [-0.15, -0.1) is 0 Å². The van der Waals surface area contributed by atoms with Gasteiger partial charge in [-0.25, -0.2) is 0 Å². The van der Waals surface area contributed by atoms with Crippen LogP contribution in [0.4, 0.5) is 11.8 Å². The molecule has 0 aliphatic rings. The van der Waals surface area contributed by atoms with Crippen LogP contribution in [0.15, 0.2) is 6.20 Å². The molecule has 3 N–H and O–H groups in total. The van der Waals surface area contributed by atoms with Gasteiger partial charge in [0.25, 0.3) is 0 Å². The molecule has 0 radical (unpaired) electrons. The SMILES string of the molecule is CCNc1nc(N(C)CC(C)C(=O)NC)c2cn[nH]c2n1. The number of nitrogens with one attached hydrogen (secondary N) is 3. The molecule has 0 fully saturated rings. The predicted octanol–water partition coefficient (Wildman–Crippen LogP) is 0.603. The van der Waals surface area contributed by atoms with E-state index in [-0.39, 0.29) is 11.8 Å². The molecule has 2 rings (SSSR count). The smallest absolute Gasteiger partial charge is 0.226 e. The molecule has 0 saturated carbocycles. The Bertz CT molecular complexity index is 624. The number of hydrogen-bond acceptors (Lipinski definition) is 6. The standard InChI is InChI=1S/C13H21N7O/c1-5-15-13-17-10-9(6-16-19-10)11(18-13)20(4)7-8(2)12(21)14-3/h6,8H,5,7H2,1-4H3,(H,14,21)(H2,15,16,17,18,19). The molecule has 0 aliphatic heterocycles. The van der Waals surface area contributed by atoms with E-state index in [0.29, 0.717) is 18.1 Å². The van der Waals surface area contributed by atoms with Crippen LogP contribution in [-0.4, -0.2) is 53.3 Å². The summed E-state index contributed by atoms with van der Waals surface area (Å²) in [5.74, 6) is 1.16. The summed E-state index contributed by atoms with van der Waals surface area (Å²) in [5, 5.41) is 13.5. The number of amides is 1. The van der Waals surface area contributed by atoms with Crippen molar-refractivity contribution in [2.45, 2.75) is 13.8 Å². The average molecular weight is 291 g/mol. The van der Waals surface area contributed by atoms with Gasteiger partial charge in [-0.1, -0.05) is 6.92 Å². The summed E-state index contributed by atoms with van der Waals surface area (Å²) in [6.07, 6.45) is 1.70. The number of aromatic nitrogens is 4. The summed E-state index contributed by atoms with van der Waals surface area (Å²) in [4.78, 5) is 22.5. The highest BCUT2D eigenvalue weighted by Gasteiger charge is 2.18. The Morgan fingerprint density at radius 1 is 1.48 bits per heavy atom. The Kier molecular flexibility index (Phi) is 4.56. The molecule has 1 atom stereocenters. The maximum atomic E-state index is 11.7. The van der Waals surface area contributed by atoms with Gasteiger partial charge in [0.1, 0.15) is 5.82 Å². The van der Waals surface area contributed by atoms with Crippen LogP contribution in [0, 0.1) is 5.92 Å². The molecule has 114 valence electrons. The molecule has 0 bridgehead atoms. The predicted molar refractivity (Wildman–Crippen MR) is 82.3 cm³/mol. The molecule has 8 nitrogen and oxygen atoms in total. The van der Waals surface area contributed by atoms with E-state index in [1.807, 2.05) is 25.8 Å². The van der Waals surface area contributed by atoms with E-state index in [1.165, 1.54) is 0 Å². The third kappa shape index (κ3) is 3.21. The van der Waals surface area contributed by atoms with E-state index in [0.717, 1.165) is 17.7 Å². The summed E-state index contributed by atoms with van der Waals surface area (Å²) < 4.78 is 0. The first kappa shape index (κ1) is 15.0. The lowest BCUT2D eigenvalue weighted by Gasteiger charge is -2.22. The number of rotatable bonds is 6. The molecule has 0 spiro atoms. The monoisotopic (exact) mass is 291 g/mol. The van der Waals surface area contributed by atoms with Crippen LogP contribution in [0.1, 0.15) is 13.8 Å². The highest BCUT2D eigenvalue weighted by atomic mass is 16.1. The van der Waals surface area contributed by atoms with Gasteiger partial charge in [0.15, 0.2) is 5.65 Å². The largest absolute Gasteiger partial charge is 0.359 e. The highest BCUT2D eigenvalue weighted by molar-refractivity contribution is 5.88. The molecular weight excluding hydrogens is 270 g/mol. The van der Waals surface area contributed by atoms with Gasteiger partial charge >= 0.3 is 0 Å². The first-order valence-electron chi connectivity index (χ1n) is 6.94. The van der Waals surface area contributed by atoms with Gasteiger partial charge in [0.05, 0.1) is 17.5 Å². The highest BCUT2D eigenvalue weighted by Crippen LogP contribution is 2.23. The molecule has 1 unspecified atom stereocenters. The summed E-state index contributed by atoms with van der Waals surface area (Å²) in [6, 6.07) is 0. The van der Waals surface area contributed by atoms with Gasteiger partial charge in [-0.05, 0) is 6.92 Å². The Balaban J connectivity index is 2.30. The lowest BCUT2D eigenvalue weighted by Crippen LogP contribution is -2.34. The van der Waals surface area contributed by atoms with E-state index in [4.69, 9.17) is 0 Å². The van der Waals surface area contributed by atoms with Gasteiger partial charge in [-0.3, -0.25) is 9.89 Å². The lowest BCUT2D eigenvalue weighted by atomic mass is 10.1. The van der Waals surface area contributed by atoms with E-state index in [2.05, 4.69) is 30.8 Å². The van der Waals surface area contributed by atoms with Crippen LogP contribution in [-0.2, 0) is 4.79 Å². The number of carbonyl (C=O) groups is 1.